The van der Waals surface area contributed by atoms with Gasteiger partial charge in [0.25, 0.3) is 11.8 Å². The van der Waals surface area contributed by atoms with E-state index in [9.17, 15) is 9.59 Å². The second-order valence-corrected chi connectivity index (χ2v) is 5.09. The van der Waals surface area contributed by atoms with Gasteiger partial charge in [-0.2, -0.15) is 0 Å². The van der Waals surface area contributed by atoms with Crippen LogP contribution < -0.4 is 10.6 Å². The van der Waals surface area contributed by atoms with E-state index >= 15 is 0 Å². The van der Waals surface area contributed by atoms with Crippen LogP contribution in [-0.2, 0) is 6.54 Å². The highest BCUT2D eigenvalue weighted by atomic mass is 16.5. The summed E-state index contributed by atoms with van der Waals surface area (Å²) in [5.41, 5.74) is 2.16. The molecule has 0 radical (unpaired) electrons. The Morgan fingerprint density at radius 3 is 2.54 bits per heavy atom. The number of aromatic nitrogens is 1. The molecule has 6 nitrogen and oxygen atoms in total. The fourth-order valence-electron chi connectivity index (χ4n) is 2.14. The third-order valence-electron chi connectivity index (χ3n) is 3.35. The van der Waals surface area contributed by atoms with E-state index in [2.05, 4.69) is 20.3 Å². The molecule has 1 aromatic heterocycles. The maximum atomic E-state index is 12.2. The second-order valence-electron chi connectivity index (χ2n) is 5.09. The Hall–Kier alpha value is -3.41. The fourth-order valence-corrected chi connectivity index (χ4v) is 2.14. The number of hydrogen-bond donors (Lipinski definition) is 2. The van der Waals surface area contributed by atoms with Crippen LogP contribution in [0.4, 0.5) is 5.69 Å². The summed E-state index contributed by atoms with van der Waals surface area (Å²) in [6.45, 7) is 0.440. The topological polar surface area (TPSA) is 84.2 Å². The number of anilines is 1. The van der Waals surface area contributed by atoms with Crippen LogP contribution >= 0.6 is 0 Å². The molecule has 0 aliphatic rings. The van der Waals surface area contributed by atoms with Crippen LogP contribution in [-0.4, -0.2) is 17.0 Å². The van der Waals surface area contributed by atoms with Gasteiger partial charge in [-0.25, -0.2) is 0 Å². The minimum Gasteiger partial charge on any atom is -0.364 e. The highest BCUT2D eigenvalue weighted by Crippen LogP contribution is 2.12. The van der Waals surface area contributed by atoms with Crippen LogP contribution in [0.3, 0.4) is 0 Å². The number of nitrogens with one attached hydrogen (secondary N) is 2. The van der Waals surface area contributed by atoms with Crippen molar-refractivity contribution in [3.8, 4) is 0 Å². The van der Waals surface area contributed by atoms with E-state index < -0.39 is 5.91 Å². The van der Waals surface area contributed by atoms with E-state index in [1.165, 1.54) is 12.3 Å². The summed E-state index contributed by atoms with van der Waals surface area (Å²) in [5, 5.41) is 9.08. The largest absolute Gasteiger partial charge is 0.364 e. The molecule has 2 amide bonds. The van der Waals surface area contributed by atoms with Crippen molar-refractivity contribution in [2.75, 3.05) is 5.32 Å². The maximum Gasteiger partial charge on any atom is 0.277 e. The van der Waals surface area contributed by atoms with E-state index in [1.807, 2.05) is 30.3 Å². The highest BCUT2D eigenvalue weighted by molar-refractivity contribution is 6.03. The van der Waals surface area contributed by atoms with Gasteiger partial charge in [0.05, 0.1) is 0 Å². The van der Waals surface area contributed by atoms with Crippen molar-refractivity contribution in [2.24, 2.45) is 0 Å². The SMILES string of the molecule is O=C(NCc1ccccc1)c1cccc(NC(=O)c2ccon2)c1. The van der Waals surface area contributed by atoms with Gasteiger partial charge in [0.2, 0.25) is 0 Å². The molecule has 2 aromatic carbocycles. The predicted molar refractivity (Wildman–Crippen MR) is 88.5 cm³/mol. The van der Waals surface area contributed by atoms with Crippen LogP contribution in [0.25, 0.3) is 0 Å². The number of nitrogens with zero attached hydrogens (tertiary/aromatic N) is 1. The van der Waals surface area contributed by atoms with Gasteiger partial charge in [-0.05, 0) is 23.8 Å². The van der Waals surface area contributed by atoms with E-state index in [0.29, 0.717) is 17.8 Å². The maximum absolute atomic E-state index is 12.2. The Labute approximate surface area is 138 Å². The average Bonchev–Trinajstić information content (AvgIpc) is 3.15. The van der Waals surface area contributed by atoms with E-state index in [0.717, 1.165) is 5.56 Å². The molecule has 0 saturated carbocycles. The minimum atomic E-state index is -0.398. The van der Waals surface area contributed by atoms with Crippen molar-refractivity contribution in [1.82, 2.24) is 10.5 Å². The first-order valence-corrected chi connectivity index (χ1v) is 7.36. The molecule has 0 aliphatic heterocycles. The molecule has 3 rings (SSSR count). The molecule has 2 N–H and O–H groups in total. The molecular formula is C18H15N3O3. The lowest BCUT2D eigenvalue weighted by molar-refractivity contribution is 0.0949. The highest BCUT2D eigenvalue weighted by Gasteiger charge is 2.11. The van der Waals surface area contributed by atoms with Crippen LogP contribution in [0, 0.1) is 0 Å². The summed E-state index contributed by atoms with van der Waals surface area (Å²) < 4.78 is 4.63. The van der Waals surface area contributed by atoms with Crippen LogP contribution in [0.2, 0.25) is 0 Å². The van der Waals surface area contributed by atoms with Crippen LogP contribution in [0.5, 0.6) is 0 Å². The summed E-state index contributed by atoms with van der Waals surface area (Å²) in [5.74, 6) is -0.609. The number of rotatable bonds is 5. The number of amides is 2. The van der Waals surface area contributed by atoms with Crippen molar-refractivity contribution < 1.29 is 14.1 Å². The molecule has 6 heteroatoms. The van der Waals surface area contributed by atoms with E-state index in [-0.39, 0.29) is 11.6 Å². The van der Waals surface area contributed by atoms with Gasteiger partial charge in [0.15, 0.2) is 5.69 Å². The molecule has 0 fully saturated rings. The lowest BCUT2D eigenvalue weighted by Gasteiger charge is -2.08. The first kappa shape index (κ1) is 15.5. The average molecular weight is 321 g/mol. The number of carbonyl (C=O) groups is 2. The molecule has 0 aliphatic carbocycles. The van der Waals surface area contributed by atoms with Gasteiger partial charge in [-0.15, -0.1) is 0 Å². The lowest BCUT2D eigenvalue weighted by Crippen LogP contribution is -2.23. The third-order valence-corrected chi connectivity index (χ3v) is 3.35. The normalized spacial score (nSPS) is 10.2. The van der Waals surface area contributed by atoms with Crippen LogP contribution in [0.15, 0.2) is 71.4 Å². The zero-order valence-electron chi connectivity index (χ0n) is 12.7. The number of hydrogen-bond acceptors (Lipinski definition) is 4. The molecule has 1 heterocycles. The van der Waals surface area contributed by atoms with Gasteiger partial charge in [0, 0.05) is 23.9 Å². The molecule has 3 aromatic rings. The predicted octanol–water partition coefficient (Wildman–Crippen LogP) is 2.86. The van der Waals surface area contributed by atoms with Crippen molar-refractivity contribution in [1.29, 1.82) is 0 Å². The number of benzene rings is 2. The van der Waals surface area contributed by atoms with Crippen molar-refractivity contribution >= 4 is 17.5 Å². The third kappa shape index (κ3) is 3.86. The molecule has 24 heavy (non-hydrogen) atoms. The molecule has 120 valence electrons. The van der Waals surface area contributed by atoms with E-state index in [1.54, 1.807) is 24.3 Å². The second kappa shape index (κ2) is 7.23. The van der Waals surface area contributed by atoms with Gasteiger partial charge in [0.1, 0.15) is 6.26 Å². The molecule has 0 atom stereocenters. The quantitative estimate of drug-likeness (QED) is 0.757. The summed E-state index contributed by atoms with van der Waals surface area (Å²) in [6.07, 6.45) is 1.32. The zero-order valence-corrected chi connectivity index (χ0v) is 12.7. The Morgan fingerprint density at radius 2 is 1.79 bits per heavy atom. The van der Waals surface area contributed by atoms with Gasteiger partial charge < -0.3 is 15.2 Å². The molecule has 0 spiro atoms. The van der Waals surface area contributed by atoms with Crippen molar-refractivity contribution in [2.45, 2.75) is 6.54 Å². The summed E-state index contributed by atoms with van der Waals surface area (Å²) in [4.78, 5) is 24.2. The summed E-state index contributed by atoms with van der Waals surface area (Å²) in [6, 6.07) is 17.8. The Morgan fingerprint density at radius 1 is 0.958 bits per heavy atom. The first-order valence-electron chi connectivity index (χ1n) is 7.36. The smallest absolute Gasteiger partial charge is 0.277 e. The fraction of sp³-hybridized carbons (Fsp3) is 0.0556. The molecule has 0 saturated heterocycles. The number of carbonyl (C=O) groups excluding carboxylic acids is 2. The summed E-state index contributed by atoms with van der Waals surface area (Å²) in [7, 11) is 0. The molecular weight excluding hydrogens is 306 g/mol. The van der Waals surface area contributed by atoms with E-state index in [4.69, 9.17) is 0 Å². The van der Waals surface area contributed by atoms with Gasteiger partial charge in [-0.3, -0.25) is 9.59 Å². The minimum absolute atomic E-state index is 0.175. The Kier molecular flexibility index (Phi) is 4.67. The van der Waals surface area contributed by atoms with Crippen LogP contribution in [0.1, 0.15) is 26.4 Å². The van der Waals surface area contributed by atoms with Gasteiger partial charge in [-0.1, -0.05) is 41.6 Å². The van der Waals surface area contributed by atoms with Crippen molar-refractivity contribution in [3.63, 3.8) is 0 Å². The lowest BCUT2D eigenvalue weighted by atomic mass is 10.1. The summed E-state index contributed by atoms with van der Waals surface area (Å²) >= 11 is 0. The van der Waals surface area contributed by atoms with Gasteiger partial charge >= 0.3 is 0 Å². The first-order chi connectivity index (χ1) is 11.7. The Balaban J connectivity index is 1.64. The van der Waals surface area contributed by atoms with Crippen molar-refractivity contribution in [3.05, 3.63) is 83.7 Å². The molecule has 0 bridgehead atoms. The Bertz CT molecular complexity index is 830. The molecule has 0 unspecified atom stereocenters. The monoisotopic (exact) mass is 321 g/mol. The zero-order chi connectivity index (χ0) is 16.8. The standard InChI is InChI=1S/C18H15N3O3/c22-17(19-12-13-5-2-1-3-6-13)14-7-4-8-15(11-14)20-18(23)16-9-10-24-21-16/h1-11H,12H2,(H,19,22)(H,20,23).